The van der Waals surface area contributed by atoms with Gasteiger partial charge in [0.1, 0.15) is 5.54 Å². The van der Waals surface area contributed by atoms with E-state index in [1.807, 2.05) is 6.07 Å². The quantitative estimate of drug-likeness (QED) is 0.401. The molecule has 4 aromatic rings. The van der Waals surface area contributed by atoms with Gasteiger partial charge in [-0.05, 0) is 34.5 Å². The van der Waals surface area contributed by atoms with Crippen molar-refractivity contribution in [3.8, 4) is 0 Å². The Labute approximate surface area is 167 Å². The Kier molecular flexibility index (Phi) is 5.35. The molecule has 0 aliphatic carbocycles. The fourth-order valence-corrected chi connectivity index (χ4v) is 3.64. The molecule has 136 valence electrons. The fourth-order valence-electron chi connectivity index (χ4n) is 3.64. The summed E-state index contributed by atoms with van der Waals surface area (Å²) in [6.07, 6.45) is 4.17. The molecule has 0 aliphatic heterocycles. The summed E-state index contributed by atoms with van der Waals surface area (Å²) in [6, 6.07) is 42.2. The smallest absolute Gasteiger partial charge is 0.113 e. The summed E-state index contributed by atoms with van der Waals surface area (Å²) in [6.45, 7) is 0. The highest BCUT2D eigenvalue weighted by atomic mass is 15.0. The van der Waals surface area contributed by atoms with Crippen LogP contribution in [0.3, 0.4) is 0 Å². The van der Waals surface area contributed by atoms with Gasteiger partial charge in [0.25, 0.3) is 0 Å². The molecule has 0 aromatic heterocycles. The molecule has 0 spiro atoms. The van der Waals surface area contributed by atoms with Crippen molar-refractivity contribution in [3.63, 3.8) is 0 Å². The highest BCUT2D eigenvalue weighted by Gasteiger charge is 2.35. The maximum atomic E-state index is 3.75. The molecular weight excluding hydrogens is 338 g/mol. The highest BCUT2D eigenvalue weighted by Crippen LogP contribution is 2.36. The molecule has 28 heavy (non-hydrogen) atoms. The molecule has 1 N–H and O–H groups in total. The van der Waals surface area contributed by atoms with Crippen molar-refractivity contribution in [3.05, 3.63) is 150 Å². The van der Waals surface area contributed by atoms with Crippen LogP contribution in [0.5, 0.6) is 0 Å². The fraction of sp³-hybridized carbons (Fsp3) is 0.0370. The van der Waals surface area contributed by atoms with Crippen LogP contribution < -0.4 is 5.32 Å². The topological polar surface area (TPSA) is 12.0 Å². The summed E-state index contributed by atoms with van der Waals surface area (Å²) >= 11 is 0. The average molecular weight is 361 g/mol. The van der Waals surface area contributed by atoms with Crippen LogP contribution in [0.1, 0.15) is 22.3 Å². The van der Waals surface area contributed by atoms with Gasteiger partial charge in [-0.3, -0.25) is 0 Å². The maximum absolute atomic E-state index is 3.75. The van der Waals surface area contributed by atoms with E-state index in [1.165, 1.54) is 16.7 Å². The summed E-state index contributed by atoms with van der Waals surface area (Å²) in [4.78, 5) is 0. The minimum Gasteiger partial charge on any atom is -0.374 e. The summed E-state index contributed by atoms with van der Waals surface area (Å²) in [7, 11) is 0. The monoisotopic (exact) mass is 361 g/mol. The van der Waals surface area contributed by atoms with Crippen LogP contribution in [0, 0.1) is 0 Å². The van der Waals surface area contributed by atoms with Crippen molar-refractivity contribution in [2.45, 2.75) is 5.54 Å². The van der Waals surface area contributed by atoms with Crippen LogP contribution in [0.25, 0.3) is 6.08 Å². The van der Waals surface area contributed by atoms with Crippen molar-refractivity contribution < 1.29 is 0 Å². The molecule has 0 bridgehead atoms. The second-order valence-corrected chi connectivity index (χ2v) is 6.74. The lowest BCUT2D eigenvalue weighted by Gasteiger charge is -2.36. The second-order valence-electron chi connectivity index (χ2n) is 6.74. The van der Waals surface area contributed by atoms with Gasteiger partial charge in [0.2, 0.25) is 0 Å². The molecule has 0 radical (unpaired) electrons. The Morgan fingerprint density at radius 1 is 0.464 bits per heavy atom. The minimum atomic E-state index is -0.477. The van der Waals surface area contributed by atoms with Gasteiger partial charge in [-0.1, -0.05) is 121 Å². The Balaban J connectivity index is 1.87. The zero-order chi connectivity index (χ0) is 19.1. The summed E-state index contributed by atoms with van der Waals surface area (Å²) in [5.74, 6) is 0. The van der Waals surface area contributed by atoms with Gasteiger partial charge in [-0.25, -0.2) is 0 Å². The SMILES string of the molecule is C(=Cc1ccccc1)NC(c1ccccc1)(c1ccccc1)c1ccccc1. The second kappa shape index (κ2) is 8.41. The van der Waals surface area contributed by atoms with E-state index in [4.69, 9.17) is 0 Å². The standard InChI is InChI=1S/C27H23N/c1-5-13-23(14-6-1)21-22-28-27(24-15-7-2-8-16-24,25-17-9-3-10-18-25)26-19-11-4-12-20-26/h1-22,28H. The lowest BCUT2D eigenvalue weighted by molar-refractivity contribution is 0.552. The van der Waals surface area contributed by atoms with Crippen LogP contribution in [-0.4, -0.2) is 0 Å². The predicted molar refractivity (Wildman–Crippen MR) is 118 cm³/mol. The van der Waals surface area contributed by atoms with E-state index in [9.17, 15) is 0 Å². The van der Waals surface area contributed by atoms with Crippen molar-refractivity contribution in [1.82, 2.24) is 5.32 Å². The third-order valence-corrected chi connectivity index (χ3v) is 5.00. The van der Waals surface area contributed by atoms with E-state index in [0.29, 0.717) is 0 Å². The van der Waals surface area contributed by atoms with Crippen LogP contribution in [0.2, 0.25) is 0 Å². The normalized spacial score (nSPS) is 11.4. The summed E-state index contributed by atoms with van der Waals surface area (Å²) in [5.41, 5.74) is 4.29. The Morgan fingerprint density at radius 3 is 1.21 bits per heavy atom. The number of benzene rings is 4. The zero-order valence-electron chi connectivity index (χ0n) is 15.7. The van der Waals surface area contributed by atoms with Gasteiger partial charge in [0, 0.05) is 0 Å². The third kappa shape index (κ3) is 3.60. The zero-order valence-corrected chi connectivity index (χ0v) is 15.7. The number of rotatable bonds is 6. The first-order chi connectivity index (χ1) is 13.9. The van der Waals surface area contributed by atoms with Crippen molar-refractivity contribution in [2.75, 3.05) is 0 Å². The van der Waals surface area contributed by atoms with Crippen molar-refractivity contribution in [2.24, 2.45) is 0 Å². The minimum absolute atomic E-state index is 0.477. The lowest BCUT2D eigenvalue weighted by atomic mass is 9.77. The molecule has 4 aromatic carbocycles. The third-order valence-electron chi connectivity index (χ3n) is 5.00. The van der Waals surface area contributed by atoms with Gasteiger partial charge >= 0.3 is 0 Å². The molecule has 1 nitrogen and oxygen atoms in total. The average Bonchev–Trinajstić information content (AvgIpc) is 2.79. The van der Waals surface area contributed by atoms with Gasteiger partial charge in [0.15, 0.2) is 0 Å². The van der Waals surface area contributed by atoms with E-state index < -0.39 is 5.54 Å². The first-order valence-electron chi connectivity index (χ1n) is 9.55. The molecule has 0 aliphatic rings. The Hall–Kier alpha value is -3.58. The van der Waals surface area contributed by atoms with E-state index in [2.05, 4.69) is 133 Å². The molecule has 0 saturated carbocycles. The molecule has 0 amide bonds. The Bertz CT molecular complexity index is 910. The van der Waals surface area contributed by atoms with Gasteiger partial charge in [0.05, 0.1) is 0 Å². The molecule has 0 saturated heterocycles. The summed E-state index contributed by atoms with van der Waals surface area (Å²) in [5, 5.41) is 3.75. The first kappa shape index (κ1) is 17.8. The van der Waals surface area contributed by atoms with Crippen LogP contribution in [-0.2, 0) is 5.54 Å². The largest absolute Gasteiger partial charge is 0.374 e. The van der Waals surface area contributed by atoms with Crippen molar-refractivity contribution >= 4 is 6.08 Å². The maximum Gasteiger partial charge on any atom is 0.113 e. The van der Waals surface area contributed by atoms with Crippen LogP contribution >= 0.6 is 0 Å². The van der Waals surface area contributed by atoms with Gasteiger partial charge in [-0.15, -0.1) is 0 Å². The number of hydrogen-bond acceptors (Lipinski definition) is 1. The molecule has 0 fully saturated rings. The molecule has 1 heteroatoms. The van der Waals surface area contributed by atoms with Gasteiger partial charge < -0.3 is 5.32 Å². The van der Waals surface area contributed by atoms with Crippen LogP contribution in [0.4, 0.5) is 0 Å². The van der Waals surface area contributed by atoms with E-state index in [1.54, 1.807) is 0 Å². The van der Waals surface area contributed by atoms with E-state index >= 15 is 0 Å². The molecule has 0 heterocycles. The number of hydrogen-bond donors (Lipinski definition) is 1. The molecule has 4 rings (SSSR count). The lowest BCUT2D eigenvalue weighted by Crippen LogP contribution is -2.41. The van der Waals surface area contributed by atoms with Gasteiger partial charge in [-0.2, -0.15) is 0 Å². The van der Waals surface area contributed by atoms with Crippen molar-refractivity contribution in [1.29, 1.82) is 0 Å². The summed E-state index contributed by atoms with van der Waals surface area (Å²) < 4.78 is 0. The molecule has 0 atom stereocenters. The van der Waals surface area contributed by atoms with Crippen LogP contribution in [0.15, 0.2) is 128 Å². The highest BCUT2D eigenvalue weighted by molar-refractivity contribution is 5.53. The first-order valence-corrected chi connectivity index (χ1v) is 9.55. The predicted octanol–water partition coefficient (Wildman–Crippen LogP) is 6.24. The molecule has 0 unspecified atom stereocenters. The van der Waals surface area contributed by atoms with E-state index in [0.717, 1.165) is 5.56 Å². The Morgan fingerprint density at radius 2 is 0.821 bits per heavy atom. The number of nitrogens with one attached hydrogen (secondary N) is 1. The van der Waals surface area contributed by atoms with E-state index in [-0.39, 0.29) is 0 Å². The molecular formula is C27H23N.